The van der Waals surface area contributed by atoms with Crippen molar-refractivity contribution < 1.29 is 14.6 Å². The molecule has 0 aliphatic carbocycles. The van der Waals surface area contributed by atoms with Crippen molar-refractivity contribution in [2.45, 2.75) is 6.61 Å². The Labute approximate surface area is 82.1 Å². The van der Waals surface area contributed by atoms with Crippen molar-refractivity contribution in [3.05, 3.63) is 20.3 Å². The van der Waals surface area contributed by atoms with E-state index in [0.29, 0.717) is 17.0 Å². The van der Waals surface area contributed by atoms with Gasteiger partial charge in [-0.25, -0.2) is 4.79 Å². The lowest BCUT2D eigenvalue weighted by atomic mass is 10.3. The van der Waals surface area contributed by atoms with E-state index in [-0.39, 0.29) is 0 Å². The summed E-state index contributed by atoms with van der Waals surface area (Å²) >= 11 is 4.42. The third kappa shape index (κ3) is 2.06. The summed E-state index contributed by atoms with van der Waals surface area (Å²) in [6.07, 6.45) is 0. The van der Waals surface area contributed by atoms with Crippen molar-refractivity contribution in [2.75, 3.05) is 7.11 Å². The summed E-state index contributed by atoms with van der Waals surface area (Å²) in [6, 6.07) is 1.76. The van der Waals surface area contributed by atoms with Crippen LogP contribution in [0.5, 0.6) is 0 Å². The Morgan fingerprint density at radius 2 is 2.50 bits per heavy atom. The average molecular weight is 251 g/mol. The molecule has 0 unspecified atom stereocenters. The van der Waals surface area contributed by atoms with Crippen LogP contribution in [-0.2, 0) is 11.3 Å². The smallest absolute Gasteiger partial charge is 0.346 e. The van der Waals surface area contributed by atoms with E-state index in [4.69, 9.17) is 9.84 Å². The van der Waals surface area contributed by atoms with Gasteiger partial charge in [0.05, 0.1) is 10.4 Å². The Balaban J connectivity index is 2.99. The third-order valence-corrected chi connectivity index (χ3v) is 2.94. The van der Waals surface area contributed by atoms with Gasteiger partial charge in [-0.2, -0.15) is 0 Å². The van der Waals surface area contributed by atoms with Gasteiger partial charge in [-0.15, -0.1) is 11.3 Å². The fourth-order valence-electron chi connectivity index (χ4n) is 0.839. The molecule has 0 aromatic carbocycles. The quantitative estimate of drug-likeness (QED) is 0.896. The van der Waals surface area contributed by atoms with Crippen molar-refractivity contribution in [1.29, 1.82) is 0 Å². The molecule has 0 fully saturated rings. The number of carbonyl (C=O) groups is 1. The first-order chi connectivity index (χ1) is 5.65. The molecule has 0 amide bonds. The Hall–Kier alpha value is -0.390. The zero-order chi connectivity index (χ0) is 9.14. The highest BCUT2D eigenvalue weighted by Gasteiger charge is 2.13. The maximum atomic E-state index is 10.6. The molecule has 3 nitrogen and oxygen atoms in total. The summed E-state index contributed by atoms with van der Waals surface area (Å²) in [5.41, 5.74) is 0.710. The average Bonchev–Trinajstić information content (AvgIpc) is 2.32. The number of aromatic carboxylic acids is 1. The van der Waals surface area contributed by atoms with Gasteiger partial charge in [-0.3, -0.25) is 0 Å². The summed E-state index contributed by atoms with van der Waals surface area (Å²) in [4.78, 5) is 11.0. The predicted octanol–water partition coefficient (Wildman–Crippen LogP) is 2.36. The van der Waals surface area contributed by atoms with Crippen LogP contribution in [0.25, 0.3) is 0 Å². The molecular formula is C7H7BrO3S. The Morgan fingerprint density at radius 3 is 3.00 bits per heavy atom. The molecule has 1 heterocycles. The van der Waals surface area contributed by atoms with Crippen LogP contribution >= 0.6 is 27.3 Å². The van der Waals surface area contributed by atoms with E-state index >= 15 is 0 Å². The summed E-state index contributed by atoms with van der Waals surface area (Å²) < 4.78 is 5.67. The second kappa shape index (κ2) is 4.02. The van der Waals surface area contributed by atoms with Gasteiger partial charge in [0.2, 0.25) is 0 Å². The first kappa shape index (κ1) is 9.70. The zero-order valence-corrected chi connectivity index (χ0v) is 8.74. The molecule has 66 valence electrons. The summed E-state index contributed by atoms with van der Waals surface area (Å²) in [5, 5.41) is 8.74. The molecule has 0 bridgehead atoms. The van der Waals surface area contributed by atoms with Crippen molar-refractivity contribution in [1.82, 2.24) is 0 Å². The van der Waals surface area contributed by atoms with Gasteiger partial charge in [0.15, 0.2) is 0 Å². The third-order valence-electron chi connectivity index (χ3n) is 1.27. The SMILES string of the molecule is COCc1cc(Br)sc1C(=O)O. The molecule has 1 aromatic heterocycles. The van der Waals surface area contributed by atoms with Crippen LogP contribution in [0, 0.1) is 0 Å². The van der Waals surface area contributed by atoms with Gasteiger partial charge in [0.25, 0.3) is 0 Å². The normalized spacial score (nSPS) is 10.2. The van der Waals surface area contributed by atoms with Gasteiger partial charge >= 0.3 is 5.97 Å². The minimum Gasteiger partial charge on any atom is -0.477 e. The number of ether oxygens (including phenoxy) is 1. The van der Waals surface area contributed by atoms with E-state index in [0.717, 1.165) is 3.79 Å². The lowest BCUT2D eigenvalue weighted by Gasteiger charge is -1.95. The highest BCUT2D eigenvalue weighted by atomic mass is 79.9. The Morgan fingerprint density at radius 1 is 1.83 bits per heavy atom. The van der Waals surface area contributed by atoms with Crippen molar-refractivity contribution in [2.24, 2.45) is 0 Å². The molecule has 0 aliphatic heterocycles. The van der Waals surface area contributed by atoms with Gasteiger partial charge in [-0.05, 0) is 22.0 Å². The van der Waals surface area contributed by atoms with Gasteiger partial charge < -0.3 is 9.84 Å². The second-order valence-electron chi connectivity index (χ2n) is 2.14. The lowest BCUT2D eigenvalue weighted by Crippen LogP contribution is -1.97. The van der Waals surface area contributed by atoms with Crippen LogP contribution in [-0.4, -0.2) is 18.2 Å². The van der Waals surface area contributed by atoms with Crippen molar-refractivity contribution >= 4 is 33.2 Å². The Kier molecular flexibility index (Phi) is 3.25. The summed E-state index contributed by atoms with van der Waals surface area (Å²) in [7, 11) is 1.54. The number of hydrogen-bond donors (Lipinski definition) is 1. The van der Waals surface area contributed by atoms with Crippen LogP contribution in [0.2, 0.25) is 0 Å². The van der Waals surface area contributed by atoms with Crippen molar-refractivity contribution in [3.63, 3.8) is 0 Å². The number of halogens is 1. The molecule has 0 saturated heterocycles. The topological polar surface area (TPSA) is 46.5 Å². The molecule has 0 saturated carbocycles. The van der Waals surface area contributed by atoms with Crippen LogP contribution < -0.4 is 0 Å². The molecular weight excluding hydrogens is 244 g/mol. The van der Waals surface area contributed by atoms with E-state index in [9.17, 15) is 4.79 Å². The van der Waals surface area contributed by atoms with Crippen LogP contribution in [0.4, 0.5) is 0 Å². The van der Waals surface area contributed by atoms with Gasteiger partial charge in [-0.1, -0.05) is 0 Å². The minimum atomic E-state index is -0.905. The number of hydrogen-bond acceptors (Lipinski definition) is 3. The first-order valence-electron chi connectivity index (χ1n) is 3.15. The van der Waals surface area contributed by atoms with Crippen LogP contribution in [0.3, 0.4) is 0 Å². The molecule has 5 heteroatoms. The first-order valence-corrected chi connectivity index (χ1v) is 4.76. The van der Waals surface area contributed by atoms with E-state index in [1.807, 2.05) is 0 Å². The van der Waals surface area contributed by atoms with Crippen LogP contribution in [0.15, 0.2) is 9.85 Å². The summed E-state index contributed by atoms with van der Waals surface area (Å²) in [6.45, 7) is 0.337. The molecule has 1 N–H and O–H groups in total. The van der Waals surface area contributed by atoms with E-state index in [1.54, 1.807) is 6.07 Å². The van der Waals surface area contributed by atoms with Gasteiger partial charge in [0, 0.05) is 12.7 Å². The van der Waals surface area contributed by atoms with Crippen LogP contribution in [0.1, 0.15) is 15.2 Å². The standard InChI is InChI=1S/C7H7BrO3S/c1-11-3-4-2-5(8)12-6(4)7(9)10/h2H,3H2,1H3,(H,9,10). The zero-order valence-electron chi connectivity index (χ0n) is 6.33. The number of methoxy groups -OCH3 is 1. The monoisotopic (exact) mass is 250 g/mol. The maximum Gasteiger partial charge on any atom is 0.346 e. The van der Waals surface area contributed by atoms with E-state index < -0.39 is 5.97 Å². The summed E-state index contributed by atoms with van der Waals surface area (Å²) in [5.74, 6) is -0.905. The Bertz CT molecular complexity index is 295. The molecule has 1 aromatic rings. The number of carboxylic acid groups (broad SMARTS) is 1. The van der Waals surface area contributed by atoms with Gasteiger partial charge in [0.1, 0.15) is 4.88 Å². The largest absolute Gasteiger partial charge is 0.477 e. The molecule has 0 spiro atoms. The minimum absolute atomic E-state index is 0.337. The molecule has 12 heavy (non-hydrogen) atoms. The highest BCUT2D eigenvalue weighted by molar-refractivity contribution is 9.11. The molecule has 0 atom stereocenters. The van der Waals surface area contributed by atoms with E-state index in [1.165, 1.54) is 18.4 Å². The fourth-order valence-corrected chi connectivity index (χ4v) is 2.33. The number of carboxylic acids is 1. The van der Waals surface area contributed by atoms with E-state index in [2.05, 4.69) is 15.9 Å². The number of thiophene rings is 1. The molecule has 0 radical (unpaired) electrons. The maximum absolute atomic E-state index is 10.6. The fraction of sp³-hybridized carbons (Fsp3) is 0.286. The molecule has 0 aliphatic rings. The number of rotatable bonds is 3. The lowest BCUT2D eigenvalue weighted by molar-refractivity contribution is 0.0697. The predicted molar refractivity (Wildman–Crippen MR) is 49.7 cm³/mol. The highest BCUT2D eigenvalue weighted by Crippen LogP contribution is 2.27. The van der Waals surface area contributed by atoms with Crippen molar-refractivity contribution in [3.8, 4) is 0 Å². The molecule has 1 rings (SSSR count). The second-order valence-corrected chi connectivity index (χ2v) is 4.57.